The molecule has 0 heterocycles. The highest BCUT2D eigenvalue weighted by Crippen LogP contribution is 2.28. The molecule has 18 heavy (non-hydrogen) atoms. The third-order valence-corrected chi connectivity index (χ3v) is 2.41. The molecule has 1 aromatic rings. The molecule has 0 atom stereocenters. The maximum absolute atomic E-state index is 12.7. The fraction of sp³-hybridized carbons (Fsp3) is 0.333. The molecule has 0 aromatic heterocycles. The second-order valence-electron chi connectivity index (χ2n) is 3.42. The fourth-order valence-corrected chi connectivity index (χ4v) is 1.43. The Morgan fingerprint density at radius 1 is 1.33 bits per heavy atom. The average Bonchev–Trinajstić information content (AvgIpc) is 2.29. The van der Waals surface area contributed by atoms with Crippen LogP contribution in [0.1, 0.15) is 12.0 Å². The fourth-order valence-electron chi connectivity index (χ4n) is 1.17. The van der Waals surface area contributed by atoms with Crippen LogP contribution in [0, 0.1) is 0 Å². The number of rotatable bonds is 6. The van der Waals surface area contributed by atoms with Crippen LogP contribution in [0.3, 0.4) is 0 Å². The maximum atomic E-state index is 12.7. The number of allylic oxidation sites excluding steroid dienone is 1. The van der Waals surface area contributed by atoms with Gasteiger partial charge in [0, 0.05) is 5.33 Å². The standard InChI is InChI=1S/C12H11BrF4O/c13-7-2-1-4-9-5-3-6-10(8-9)18-12(16,17)11(14)15/h1,3-6,8,11H,2,7H2. The SMILES string of the molecule is FC(F)C(F)(F)Oc1cccc(C=CCCBr)c1. The van der Waals surface area contributed by atoms with E-state index in [2.05, 4.69) is 20.7 Å². The van der Waals surface area contributed by atoms with Gasteiger partial charge < -0.3 is 4.74 Å². The van der Waals surface area contributed by atoms with Gasteiger partial charge in [-0.3, -0.25) is 0 Å². The molecule has 0 aliphatic carbocycles. The van der Waals surface area contributed by atoms with E-state index in [1.54, 1.807) is 12.1 Å². The Kier molecular flexibility index (Phi) is 5.65. The zero-order valence-electron chi connectivity index (χ0n) is 9.25. The Labute approximate surface area is 111 Å². The Balaban J connectivity index is 2.76. The van der Waals surface area contributed by atoms with E-state index in [4.69, 9.17) is 0 Å². The molecule has 0 aliphatic heterocycles. The normalized spacial score (nSPS) is 12.3. The smallest absolute Gasteiger partial charge is 0.428 e. The summed E-state index contributed by atoms with van der Waals surface area (Å²) in [5.41, 5.74) is 0.610. The highest BCUT2D eigenvalue weighted by atomic mass is 79.9. The lowest BCUT2D eigenvalue weighted by atomic mass is 10.2. The van der Waals surface area contributed by atoms with Crippen LogP contribution in [0.25, 0.3) is 6.08 Å². The highest BCUT2D eigenvalue weighted by Gasteiger charge is 2.43. The van der Waals surface area contributed by atoms with E-state index in [1.165, 1.54) is 18.2 Å². The molecule has 0 saturated heterocycles. The largest absolute Gasteiger partial charge is 0.461 e. The summed E-state index contributed by atoms with van der Waals surface area (Å²) in [4.78, 5) is 0. The molecule has 0 bridgehead atoms. The summed E-state index contributed by atoms with van der Waals surface area (Å²) in [6.45, 7) is 0. The van der Waals surface area contributed by atoms with Crippen molar-refractivity contribution in [1.82, 2.24) is 0 Å². The topological polar surface area (TPSA) is 9.23 Å². The zero-order chi connectivity index (χ0) is 13.6. The quantitative estimate of drug-likeness (QED) is 0.543. The van der Waals surface area contributed by atoms with Crippen molar-refractivity contribution >= 4 is 22.0 Å². The van der Waals surface area contributed by atoms with Crippen molar-refractivity contribution in [3.63, 3.8) is 0 Å². The first-order chi connectivity index (χ1) is 8.45. The Hall–Kier alpha value is -1.04. The van der Waals surface area contributed by atoms with Gasteiger partial charge in [0.25, 0.3) is 0 Å². The van der Waals surface area contributed by atoms with Gasteiger partial charge in [0.2, 0.25) is 0 Å². The van der Waals surface area contributed by atoms with Crippen LogP contribution in [-0.4, -0.2) is 17.9 Å². The van der Waals surface area contributed by atoms with Gasteiger partial charge in [-0.2, -0.15) is 17.6 Å². The number of ether oxygens (including phenoxy) is 1. The molecular weight excluding hydrogens is 316 g/mol. The zero-order valence-corrected chi connectivity index (χ0v) is 10.8. The van der Waals surface area contributed by atoms with Crippen LogP contribution in [-0.2, 0) is 0 Å². The van der Waals surface area contributed by atoms with Crippen LogP contribution >= 0.6 is 15.9 Å². The lowest BCUT2D eigenvalue weighted by molar-refractivity contribution is -0.253. The van der Waals surface area contributed by atoms with Crippen LogP contribution < -0.4 is 4.74 Å². The summed E-state index contributed by atoms with van der Waals surface area (Å²) in [6.07, 6.45) is -4.02. The predicted octanol–water partition coefficient (Wildman–Crippen LogP) is 4.72. The lowest BCUT2D eigenvalue weighted by Gasteiger charge is -2.16. The molecule has 0 unspecified atom stereocenters. The number of hydrogen-bond donors (Lipinski definition) is 0. The molecule has 0 fully saturated rings. The van der Waals surface area contributed by atoms with Gasteiger partial charge >= 0.3 is 12.5 Å². The Bertz CT molecular complexity index is 407. The van der Waals surface area contributed by atoms with E-state index in [0.29, 0.717) is 5.56 Å². The van der Waals surface area contributed by atoms with Crippen molar-refractivity contribution in [1.29, 1.82) is 0 Å². The summed E-state index contributed by atoms with van der Waals surface area (Å²) < 4.78 is 53.2. The monoisotopic (exact) mass is 326 g/mol. The summed E-state index contributed by atoms with van der Waals surface area (Å²) in [5.74, 6) is -0.290. The molecule has 0 aliphatic rings. The van der Waals surface area contributed by atoms with E-state index in [1.807, 2.05) is 6.08 Å². The maximum Gasteiger partial charge on any atom is 0.461 e. The minimum absolute atomic E-state index is 0.290. The van der Waals surface area contributed by atoms with Gasteiger partial charge in [0.05, 0.1) is 0 Å². The molecule has 100 valence electrons. The number of benzene rings is 1. The van der Waals surface area contributed by atoms with Crippen molar-refractivity contribution < 1.29 is 22.3 Å². The van der Waals surface area contributed by atoms with Gasteiger partial charge in [0.1, 0.15) is 5.75 Å². The van der Waals surface area contributed by atoms with Crippen LogP contribution in [0.2, 0.25) is 0 Å². The van der Waals surface area contributed by atoms with Crippen molar-refractivity contribution in [2.75, 3.05) is 5.33 Å². The van der Waals surface area contributed by atoms with Crippen molar-refractivity contribution in [2.45, 2.75) is 19.0 Å². The first kappa shape index (κ1) is 15.0. The molecule has 0 amide bonds. The van der Waals surface area contributed by atoms with Gasteiger partial charge in [-0.25, -0.2) is 0 Å². The van der Waals surface area contributed by atoms with Crippen molar-refractivity contribution in [3.05, 3.63) is 35.9 Å². The first-order valence-electron chi connectivity index (χ1n) is 5.13. The average molecular weight is 327 g/mol. The molecular formula is C12H11BrF4O. The summed E-state index contributed by atoms with van der Waals surface area (Å²) >= 11 is 3.23. The van der Waals surface area contributed by atoms with Gasteiger partial charge in [-0.15, -0.1) is 0 Å². The van der Waals surface area contributed by atoms with Gasteiger partial charge in [-0.1, -0.05) is 40.2 Å². The molecule has 0 radical (unpaired) electrons. The van der Waals surface area contributed by atoms with Gasteiger partial charge in [-0.05, 0) is 24.1 Å². The van der Waals surface area contributed by atoms with Crippen molar-refractivity contribution in [3.8, 4) is 5.75 Å². The van der Waals surface area contributed by atoms with Crippen LogP contribution in [0.15, 0.2) is 30.3 Å². The lowest BCUT2D eigenvalue weighted by Crippen LogP contribution is -2.33. The van der Waals surface area contributed by atoms with E-state index in [0.717, 1.165) is 11.8 Å². The number of alkyl halides is 5. The Morgan fingerprint density at radius 3 is 2.67 bits per heavy atom. The predicted molar refractivity (Wildman–Crippen MR) is 65.5 cm³/mol. The number of halogens is 5. The minimum atomic E-state index is -4.47. The Morgan fingerprint density at radius 2 is 2.06 bits per heavy atom. The molecule has 0 spiro atoms. The second-order valence-corrected chi connectivity index (χ2v) is 4.21. The molecule has 1 aromatic carbocycles. The van der Waals surface area contributed by atoms with E-state index in [9.17, 15) is 17.6 Å². The third kappa shape index (κ3) is 4.68. The third-order valence-electron chi connectivity index (χ3n) is 1.95. The molecule has 1 nitrogen and oxygen atoms in total. The molecule has 0 saturated carbocycles. The number of hydrogen-bond acceptors (Lipinski definition) is 1. The van der Waals surface area contributed by atoms with Crippen molar-refractivity contribution in [2.24, 2.45) is 0 Å². The van der Waals surface area contributed by atoms with Crippen LogP contribution in [0.5, 0.6) is 5.75 Å². The molecule has 1 rings (SSSR count). The first-order valence-corrected chi connectivity index (χ1v) is 6.25. The van der Waals surface area contributed by atoms with Crippen LogP contribution in [0.4, 0.5) is 17.6 Å². The van der Waals surface area contributed by atoms with Gasteiger partial charge in [0.15, 0.2) is 0 Å². The highest BCUT2D eigenvalue weighted by molar-refractivity contribution is 9.09. The molecule has 6 heteroatoms. The van der Waals surface area contributed by atoms with E-state index < -0.39 is 12.5 Å². The minimum Gasteiger partial charge on any atom is -0.428 e. The summed E-state index contributed by atoms with van der Waals surface area (Å²) in [6, 6.07) is 5.61. The second kappa shape index (κ2) is 6.78. The van der Waals surface area contributed by atoms with E-state index >= 15 is 0 Å². The summed E-state index contributed by atoms with van der Waals surface area (Å²) in [5, 5.41) is 0.781. The summed E-state index contributed by atoms with van der Waals surface area (Å²) in [7, 11) is 0. The molecule has 0 N–H and O–H groups in total. The van der Waals surface area contributed by atoms with E-state index in [-0.39, 0.29) is 5.75 Å².